The van der Waals surface area contributed by atoms with Crippen LogP contribution in [0.4, 0.5) is 5.69 Å². The van der Waals surface area contributed by atoms with Crippen molar-refractivity contribution in [3.05, 3.63) is 54.1 Å². The van der Waals surface area contributed by atoms with Gasteiger partial charge in [-0.25, -0.2) is 9.97 Å². The lowest BCUT2D eigenvalue weighted by Crippen LogP contribution is -2.23. The second-order valence-electron chi connectivity index (χ2n) is 4.68. The van der Waals surface area contributed by atoms with Crippen molar-refractivity contribution in [3.8, 4) is 0 Å². The second-order valence-corrected chi connectivity index (χ2v) is 4.68. The molecular weight excluding hydrogens is 252 g/mol. The number of rotatable bonds is 5. The maximum absolute atomic E-state index is 11.2. The van der Waals surface area contributed by atoms with E-state index in [0.29, 0.717) is 13.1 Å². The van der Waals surface area contributed by atoms with Gasteiger partial charge in [-0.1, -0.05) is 12.1 Å². The SMILES string of the molecule is CC(=O)N(C)Cc1cccc(NCc2cncnc2)c1. The lowest BCUT2D eigenvalue weighted by Gasteiger charge is -2.15. The Morgan fingerprint density at radius 3 is 2.70 bits per heavy atom. The summed E-state index contributed by atoms with van der Waals surface area (Å²) < 4.78 is 0. The molecular formula is C15H18N4O. The van der Waals surface area contributed by atoms with E-state index in [1.807, 2.05) is 24.3 Å². The smallest absolute Gasteiger partial charge is 0.219 e. The van der Waals surface area contributed by atoms with Crippen molar-refractivity contribution in [1.29, 1.82) is 0 Å². The van der Waals surface area contributed by atoms with Gasteiger partial charge in [0.25, 0.3) is 0 Å². The zero-order valence-corrected chi connectivity index (χ0v) is 11.7. The van der Waals surface area contributed by atoms with Crippen LogP contribution >= 0.6 is 0 Å². The van der Waals surface area contributed by atoms with Crippen LogP contribution in [-0.2, 0) is 17.9 Å². The number of amides is 1. The minimum atomic E-state index is 0.0600. The molecule has 1 heterocycles. The van der Waals surface area contributed by atoms with Crippen LogP contribution in [0, 0.1) is 0 Å². The molecule has 0 atom stereocenters. The predicted octanol–water partition coefficient (Wildman–Crippen LogP) is 2.07. The molecule has 0 unspecified atom stereocenters. The van der Waals surface area contributed by atoms with Crippen LogP contribution in [0.5, 0.6) is 0 Å². The first-order valence-corrected chi connectivity index (χ1v) is 6.43. The van der Waals surface area contributed by atoms with E-state index < -0.39 is 0 Å². The monoisotopic (exact) mass is 270 g/mol. The fourth-order valence-corrected chi connectivity index (χ4v) is 1.79. The Kier molecular flexibility index (Phi) is 4.65. The van der Waals surface area contributed by atoms with Crippen LogP contribution in [0.25, 0.3) is 0 Å². The van der Waals surface area contributed by atoms with Gasteiger partial charge in [0.05, 0.1) is 0 Å². The highest BCUT2D eigenvalue weighted by Gasteiger charge is 2.04. The van der Waals surface area contributed by atoms with E-state index in [9.17, 15) is 4.79 Å². The molecule has 1 aromatic heterocycles. The van der Waals surface area contributed by atoms with Gasteiger partial charge in [0.2, 0.25) is 5.91 Å². The van der Waals surface area contributed by atoms with Crippen LogP contribution in [0.2, 0.25) is 0 Å². The molecule has 0 saturated heterocycles. The van der Waals surface area contributed by atoms with E-state index in [-0.39, 0.29) is 5.91 Å². The predicted molar refractivity (Wildman–Crippen MR) is 77.9 cm³/mol. The first-order chi connectivity index (χ1) is 9.65. The number of carbonyl (C=O) groups excluding carboxylic acids is 1. The summed E-state index contributed by atoms with van der Waals surface area (Å²) in [4.78, 5) is 20.9. The van der Waals surface area contributed by atoms with E-state index >= 15 is 0 Å². The van der Waals surface area contributed by atoms with Crippen molar-refractivity contribution < 1.29 is 4.79 Å². The first-order valence-electron chi connectivity index (χ1n) is 6.43. The molecule has 0 aliphatic rings. The van der Waals surface area contributed by atoms with E-state index in [0.717, 1.165) is 16.8 Å². The van der Waals surface area contributed by atoms with Gasteiger partial charge in [-0.05, 0) is 17.7 Å². The minimum absolute atomic E-state index is 0.0600. The number of aromatic nitrogens is 2. The van der Waals surface area contributed by atoms with Gasteiger partial charge in [0, 0.05) is 50.7 Å². The van der Waals surface area contributed by atoms with Crippen molar-refractivity contribution in [2.45, 2.75) is 20.0 Å². The van der Waals surface area contributed by atoms with Crippen molar-refractivity contribution in [1.82, 2.24) is 14.9 Å². The van der Waals surface area contributed by atoms with Crippen molar-refractivity contribution in [3.63, 3.8) is 0 Å². The number of hydrogen-bond donors (Lipinski definition) is 1. The molecule has 5 nitrogen and oxygen atoms in total. The fourth-order valence-electron chi connectivity index (χ4n) is 1.79. The number of benzene rings is 1. The molecule has 20 heavy (non-hydrogen) atoms. The maximum atomic E-state index is 11.2. The highest BCUT2D eigenvalue weighted by molar-refractivity contribution is 5.72. The number of hydrogen-bond acceptors (Lipinski definition) is 4. The van der Waals surface area contributed by atoms with Crippen LogP contribution < -0.4 is 5.32 Å². The summed E-state index contributed by atoms with van der Waals surface area (Å²) in [5, 5.41) is 3.32. The summed E-state index contributed by atoms with van der Waals surface area (Å²) in [5.41, 5.74) is 3.14. The fraction of sp³-hybridized carbons (Fsp3) is 0.267. The largest absolute Gasteiger partial charge is 0.381 e. The third-order valence-electron chi connectivity index (χ3n) is 2.99. The number of nitrogens with one attached hydrogen (secondary N) is 1. The molecule has 0 aliphatic heterocycles. The average Bonchev–Trinajstić information content (AvgIpc) is 2.46. The highest BCUT2D eigenvalue weighted by Crippen LogP contribution is 2.13. The van der Waals surface area contributed by atoms with Crippen LogP contribution in [0.15, 0.2) is 43.0 Å². The molecule has 2 aromatic rings. The third-order valence-corrected chi connectivity index (χ3v) is 2.99. The Labute approximate surface area is 118 Å². The quantitative estimate of drug-likeness (QED) is 0.903. The Hall–Kier alpha value is -2.43. The van der Waals surface area contributed by atoms with Gasteiger partial charge >= 0.3 is 0 Å². The molecule has 1 N–H and O–H groups in total. The molecule has 0 saturated carbocycles. The summed E-state index contributed by atoms with van der Waals surface area (Å²) in [5.74, 6) is 0.0600. The molecule has 0 fully saturated rings. The van der Waals surface area contributed by atoms with Gasteiger partial charge in [-0.3, -0.25) is 4.79 Å². The lowest BCUT2D eigenvalue weighted by molar-refractivity contribution is -0.128. The van der Waals surface area contributed by atoms with Gasteiger partial charge in [0.1, 0.15) is 6.33 Å². The zero-order valence-electron chi connectivity index (χ0n) is 11.7. The summed E-state index contributed by atoms with van der Waals surface area (Å²) >= 11 is 0. The van der Waals surface area contributed by atoms with E-state index in [1.54, 1.807) is 31.3 Å². The van der Waals surface area contributed by atoms with Gasteiger partial charge in [-0.15, -0.1) is 0 Å². The number of anilines is 1. The molecule has 0 aliphatic carbocycles. The lowest BCUT2D eigenvalue weighted by atomic mass is 10.2. The molecule has 1 amide bonds. The number of nitrogens with zero attached hydrogens (tertiary/aromatic N) is 3. The second kappa shape index (κ2) is 6.65. The topological polar surface area (TPSA) is 58.1 Å². The van der Waals surface area contributed by atoms with Gasteiger partial charge < -0.3 is 10.2 Å². The summed E-state index contributed by atoms with van der Waals surface area (Å²) in [6.07, 6.45) is 5.09. The van der Waals surface area contributed by atoms with Crippen LogP contribution in [0.3, 0.4) is 0 Å². The molecule has 2 rings (SSSR count). The van der Waals surface area contributed by atoms with E-state index in [1.165, 1.54) is 6.33 Å². The molecule has 1 aromatic carbocycles. The Balaban J connectivity index is 1.97. The van der Waals surface area contributed by atoms with E-state index in [4.69, 9.17) is 0 Å². The Morgan fingerprint density at radius 2 is 2.00 bits per heavy atom. The van der Waals surface area contributed by atoms with Crippen molar-refractivity contribution >= 4 is 11.6 Å². The molecule has 0 spiro atoms. The van der Waals surface area contributed by atoms with Crippen molar-refractivity contribution in [2.24, 2.45) is 0 Å². The normalized spacial score (nSPS) is 10.1. The molecule has 5 heteroatoms. The molecule has 0 bridgehead atoms. The maximum Gasteiger partial charge on any atom is 0.219 e. The molecule has 0 radical (unpaired) electrons. The summed E-state index contributed by atoms with van der Waals surface area (Å²) in [6, 6.07) is 8.04. The molecule has 104 valence electrons. The Morgan fingerprint density at radius 1 is 1.25 bits per heavy atom. The minimum Gasteiger partial charge on any atom is -0.381 e. The summed E-state index contributed by atoms with van der Waals surface area (Å²) in [7, 11) is 1.80. The zero-order chi connectivity index (χ0) is 14.4. The van der Waals surface area contributed by atoms with Gasteiger partial charge in [0.15, 0.2) is 0 Å². The van der Waals surface area contributed by atoms with Gasteiger partial charge in [-0.2, -0.15) is 0 Å². The van der Waals surface area contributed by atoms with Crippen molar-refractivity contribution in [2.75, 3.05) is 12.4 Å². The van der Waals surface area contributed by atoms with Crippen LogP contribution in [-0.4, -0.2) is 27.8 Å². The third kappa shape index (κ3) is 4.05. The van der Waals surface area contributed by atoms with E-state index in [2.05, 4.69) is 15.3 Å². The highest BCUT2D eigenvalue weighted by atomic mass is 16.2. The standard InChI is InChI=1S/C15H18N4O/c1-12(20)19(2)10-13-4-3-5-15(6-13)18-9-14-7-16-11-17-8-14/h3-8,11,18H,9-10H2,1-2H3. The Bertz CT molecular complexity index is 571. The van der Waals surface area contributed by atoms with Crippen LogP contribution in [0.1, 0.15) is 18.1 Å². The average molecular weight is 270 g/mol. The number of carbonyl (C=O) groups is 1. The first kappa shape index (κ1) is 14.0. The summed E-state index contributed by atoms with van der Waals surface area (Å²) in [6.45, 7) is 2.85.